The number of halogens is 1. The van der Waals surface area contributed by atoms with Gasteiger partial charge in [0.15, 0.2) is 0 Å². The Bertz CT molecular complexity index is 886. The average molecular weight is 506 g/mol. The van der Waals surface area contributed by atoms with Crippen molar-refractivity contribution in [3.8, 4) is 0 Å². The van der Waals surface area contributed by atoms with Crippen molar-refractivity contribution in [1.29, 1.82) is 0 Å². The van der Waals surface area contributed by atoms with Crippen LogP contribution in [0.25, 0.3) is 0 Å². The number of carbonyl (C=O) groups is 2. The molecule has 7 heteroatoms. The van der Waals surface area contributed by atoms with Crippen LogP contribution in [-0.4, -0.2) is 63.4 Å². The Morgan fingerprint density at radius 2 is 1.94 bits per heavy atom. The van der Waals surface area contributed by atoms with Gasteiger partial charge in [-0.15, -0.1) is 0 Å². The summed E-state index contributed by atoms with van der Waals surface area (Å²) in [6, 6.07) is 4.44. The minimum Gasteiger partial charge on any atom is -0.392 e. The summed E-state index contributed by atoms with van der Waals surface area (Å²) >= 11 is 3.60. The largest absolute Gasteiger partial charge is 0.392 e. The van der Waals surface area contributed by atoms with E-state index in [2.05, 4.69) is 56.4 Å². The lowest BCUT2D eigenvalue weighted by Crippen LogP contribution is -2.44. The Morgan fingerprint density at radius 1 is 1.28 bits per heavy atom. The molecule has 1 aliphatic rings. The molecule has 176 valence electrons. The lowest BCUT2D eigenvalue weighted by Gasteiger charge is -2.39. The van der Waals surface area contributed by atoms with Gasteiger partial charge in [-0.25, -0.2) is 0 Å². The first-order valence-corrected chi connectivity index (χ1v) is 12.1. The number of piperidine rings is 1. The van der Waals surface area contributed by atoms with E-state index >= 15 is 0 Å². The highest BCUT2D eigenvalue weighted by Gasteiger charge is 2.25. The Kier molecular flexibility index (Phi) is 9.97. The predicted molar refractivity (Wildman–Crippen MR) is 136 cm³/mol. The normalized spacial score (nSPS) is 16.4. The highest BCUT2D eigenvalue weighted by Crippen LogP contribution is 2.32. The number of hydrogen-bond donors (Lipinski definition) is 2. The molecule has 0 atom stereocenters. The molecule has 1 amide bonds. The van der Waals surface area contributed by atoms with Crippen molar-refractivity contribution >= 4 is 33.8 Å². The molecule has 32 heavy (non-hydrogen) atoms. The summed E-state index contributed by atoms with van der Waals surface area (Å²) in [5.41, 5.74) is 5.03. The first kappa shape index (κ1) is 26.1. The molecule has 0 spiro atoms. The van der Waals surface area contributed by atoms with Crippen molar-refractivity contribution in [2.75, 3.05) is 45.2 Å². The third kappa shape index (κ3) is 6.69. The maximum Gasteiger partial charge on any atom is 0.251 e. The summed E-state index contributed by atoms with van der Waals surface area (Å²) in [5, 5.41) is 5.98. The first-order chi connectivity index (χ1) is 15.2. The van der Waals surface area contributed by atoms with E-state index in [4.69, 9.17) is 0 Å². The molecule has 1 aliphatic heterocycles. The SMILES string of the molecule is CCN(c1cc(Br)cc(C(=O)NC/C(C=O)=C(C)/C=C(/C)NC)c1C)C1CCN(C)CC1. The molecule has 0 saturated carbocycles. The third-order valence-corrected chi connectivity index (χ3v) is 6.74. The van der Waals surface area contributed by atoms with E-state index in [9.17, 15) is 9.59 Å². The van der Waals surface area contributed by atoms with Gasteiger partial charge in [-0.3, -0.25) is 9.59 Å². The Morgan fingerprint density at radius 3 is 2.50 bits per heavy atom. The maximum absolute atomic E-state index is 13.1. The van der Waals surface area contributed by atoms with Gasteiger partial charge in [-0.1, -0.05) is 15.9 Å². The van der Waals surface area contributed by atoms with Crippen molar-refractivity contribution in [3.05, 3.63) is 50.7 Å². The van der Waals surface area contributed by atoms with Gasteiger partial charge >= 0.3 is 0 Å². The maximum atomic E-state index is 13.1. The molecule has 1 fully saturated rings. The molecular formula is C25H37BrN4O2. The Labute approximate surface area is 201 Å². The number of likely N-dealkylation sites (tertiary alicyclic amines) is 1. The van der Waals surface area contributed by atoms with Gasteiger partial charge in [0, 0.05) is 53.2 Å². The standard InChI is InChI=1S/C25H37BrN4O2/c1-7-30(22-8-10-29(6)11-9-22)24-14-21(26)13-23(19(24)4)25(32)28-15-20(16-31)17(2)12-18(3)27-5/h12-14,16,22,27H,7-11,15H2,1-6H3,(H,28,32)/b18-12-,20-17-. The molecule has 0 radical (unpaired) electrons. The monoisotopic (exact) mass is 504 g/mol. The number of allylic oxidation sites excluding steroid dienone is 3. The fraction of sp³-hybridized carbons (Fsp3) is 0.520. The molecule has 1 saturated heterocycles. The second kappa shape index (κ2) is 12.2. The van der Waals surface area contributed by atoms with Crippen LogP contribution in [0.15, 0.2) is 39.5 Å². The van der Waals surface area contributed by atoms with E-state index in [1.165, 1.54) is 0 Å². The number of carbonyl (C=O) groups excluding carboxylic acids is 2. The van der Waals surface area contributed by atoms with Gasteiger partial charge < -0.3 is 20.4 Å². The van der Waals surface area contributed by atoms with E-state index in [1.54, 1.807) is 0 Å². The summed E-state index contributed by atoms with van der Waals surface area (Å²) in [6.07, 6.45) is 4.94. The van der Waals surface area contributed by atoms with Crippen molar-refractivity contribution in [3.63, 3.8) is 0 Å². The van der Waals surface area contributed by atoms with E-state index in [0.717, 1.165) is 65.8 Å². The number of benzene rings is 1. The van der Waals surface area contributed by atoms with Crippen LogP contribution in [0.4, 0.5) is 5.69 Å². The number of anilines is 1. The van der Waals surface area contributed by atoms with E-state index in [1.807, 2.05) is 40.0 Å². The molecular weight excluding hydrogens is 468 g/mol. The smallest absolute Gasteiger partial charge is 0.251 e. The molecule has 1 heterocycles. The van der Waals surface area contributed by atoms with E-state index in [-0.39, 0.29) is 12.5 Å². The molecule has 0 aromatic heterocycles. The lowest BCUT2D eigenvalue weighted by atomic mass is 9.99. The van der Waals surface area contributed by atoms with Crippen molar-refractivity contribution in [2.24, 2.45) is 0 Å². The second-order valence-corrected chi connectivity index (χ2v) is 9.42. The van der Waals surface area contributed by atoms with Gasteiger partial charge in [0.05, 0.1) is 0 Å². The summed E-state index contributed by atoms with van der Waals surface area (Å²) in [4.78, 5) is 29.5. The van der Waals surface area contributed by atoms with Gasteiger partial charge in [-0.2, -0.15) is 0 Å². The predicted octanol–water partition coefficient (Wildman–Crippen LogP) is 4.05. The quantitative estimate of drug-likeness (QED) is 0.301. The number of nitrogens with one attached hydrogen (secondary N) is 2. The van der Waals surface area contributed by atoms with E-state index in [0.29, 0.717) is 17.2 Å². The van der Waals surface area contributed by atoms with Crippen LogP contribution in [0.5, 0.6) is 0 Å². The van der Waals surface area contributed by atoms with Crippen molar-refractivity contribution in [1.82, 2.24) is 15.5 Å². The molecule has 1 aromatic carbocycles. The van der Waals surface area contributed by atoms with Crippen LogP contribution in [0, 0.1) is 6.92 Å². The highest BCUT2D eigenvalue weighted by molar-refractivity contribution is 9.10. The zero-order valence-electron chi connectivity index (χ0n) is 20.2. The summed E-state index contributed by atoms with van der Waals surface area (Å²) < 4.78 is 0.879. The van der Waals surface area contributed by atoms with Gasteiger partial charge in [0.1, 0.15) is 6.29 Å². The topological polar surface area (TPSA) is 64.7 Å². The minimum absolute atomic E-state index is 0.175. The number of aldehydes is 1. The summed E-state index contributed by atoms with van der Waals surface area (Å²) in [6.45, 7) is 11.2. The van der Waals surface area contributed by atoms with Crippen LogP contribution < -0.4 is 15.5 Å². The molecule has 6 nitrogen and oxygen atoms in total. The number of amides is 1. The zero-order valence-corrected chi connectivity index (χ0v) is 21.8. The third-order valence-electron chi connectivity index (χ3n) is 6.28. The van der Waals surface area contributed by atoms with Crippen LogP contribution >= 0.6 is 15.9 Å². The van der Waals surface area contributed by atoms with Gasteiger partial charge in [-0.05, 0) is 90.0 Å². The second-order valence-electron chi connectivity index (χ2n) is 8.50. The Balaban J connectivity index is 2.26. The number of nitrogens with zero attached hydrogens (tertiary/aromatic N) is 2. The fourth-order valence-electron chi connectivity index (χ4n) is 4.17. The highest BCUT2D eigenvalue weighted by atomic mass is 79.9. The lowest BCUT2D eigenvalue weighted by molar-refractivity contribution is -0.105. The Hall–Kier alpha value is -2.12. The van der Waals surface area contributed by atoms with Crippen molar-refractivity contribution in [2.45, 2.75) is 46.6 Å². The molecule has 0 bridgehead atoms. The molecule has 2 rings (SSSR count). The van der Waals surface area contributed by atoms with Gasteiger partial charge in [0.2, 0.25) is 0 Å². The van der Waals surface area contributed by atoms with Crippen LogP contribution in [0.2, 0.25) is 0 Å². The van der Waals surface area contributed by atoms with E-state index < -0.39 is 0 Å². The molecule has 0 aliphatic carbocycles. The van der Waals surface area contributed by atoms with Crippen LogP contribution in [0.1, 0.15) is 49.5 Å². The number of rotatable bonds is 9. The van der Waals surface area contributed by atoms with Gasteiger partial charge in [0.25, 0.3) is 5.91 Å². The molecule has 2 N–H and O–H groups in total. The first-order valence-electron chi connectivity index (χ1n) is 11.3. The van der Waals surface area contributed by atoms with Crippen LogP contribution in [0.3, 0.4) is 0 Å². The summed E-state index contributed by atoms with van der Waals surface area (Å²) in [7, 11) is 4.00. The fourth-order valence-corrected chi connectivity index (χ4v) is 4.61. The minimum atomic E-state index is -0.175. The molecule has 1 aromatic rings. The number of hydrogen-bond acceptors (Lipinski definition) is 5. The zero-order chi connectivity index (χ0) is 23.8. The molecule has 0 unspecified atom stereocenters. The van der Waals surface area contributed by atoms with Crippen molar-refractivity contribution < 1.29 is 9.59 Å². The van der Waals surface area contributed by atoms with Crippen LogP contribution in [-0.2, 0) is 4.79 Å². The summed E-state index contributed by atoms with van der Waals surface area (Å²) in [5.74, 6) is -0.175. The average Bonchev–Trinajstić information content (AvgIpc) is 2.77.